The molecule has 7 nitrogen and oxygen atoms in total. The number of Topliss-reactive ketones (excluding diaryl/α,β-unsaturated/α-hetero) is 1. The third-order valence-electron chi connectivity index (χ3n) is 3.57. The highest BCUT2D eigenvalue weighted by Gasteiger charge is 2.19. The highest BCUT2D eigenvalue weighted by atomic mass is 16.6. The van der Waals surface area contributed by atoms with Crippen LogP contribution in [0.5, 0.6) is 5.75 Å². The van der Waals surface area contributed by atoms with Gasteiger partial charge in [-0.25, -0.2) is 4.79 Å². The molecule has 2 aromatic rings. The Morgan fingerprint density at radius 3 is 2.59 bits per heavy atom. The van der Waals surface area contributed by atoms with Crippen molar-refractivity contribution in [2.75, 3.05) is 11.9 Å². The number of hydrogen-bond acceptors (Lipinski definition) is 6. The van der Waals surface area contributed by atoms with E-state index in [0.29, 0.717) is 16.8 Å². The number of benzene rings is 2. The Morgan fingerprint density at radius 2 is 1.89 bits per heavy atom. The van der Waals surface area contributed by atoms with Crippen LogP contribution in [0.1, 0.15) is 29.8 Å². The lowest BCUT2D eigenvalue weighted by molar-refractivity contribution is -0.155. The van der Waals surface area contributed by atoms with Crippen LogP contribution in [0.25, 0.3) is 0 Å². The van der Waals surface area contributed by atoms with Crippen LogP contribution in [0.2, 0.25) is 0 Å². The summed E-state index contributed by atoms with van der Waals surface area (Å²) in [5, 5.41) is 11.6. The lowest BCUT2D eigenvalue weighted by Gasteiger charge is -2.14. The molecule has 27 heavy (non-hydrogen) atoms. The van der Waals surface area contributed by atoms with E-state index in [4.69, 9.17) is 14.7 Å². The van der Waals surface area contributed by atoms with Crippen molar-refractivity contribution in [2.45, 2.75) is 20.0 Å². The number of ether oxygens (including phenoxy) is 2. The van der Waals surface area contributed by atoms with Crippen LogP contribution < -0.4 is 10.1 Å². The number of anilines is 1. The van der Waals surface area contributed by atoms with Crippen molar-refractivity contribution >= 4 is 23.3 Å². The maximum absolute atomic E-state index is 12.1. The van der Waals surface area contributed by atoms with Gasteiger partial charge >= 0.3 is 5.97 Å². The van der Waals surface area contributed by atoms with Crippen molar-refractivity contribution in [3.8, 4) is 11.8 Å². The fraction of sp³-hybridized carbons (Fsp3) is 0.200. The average molecular weight is 366 g/mol. The maximum atomic E-state index is 12.1. The monoisotopic (exact) mass is 366 g/mol. The van der Waals surface area contributed by atoms with Crippen molar-refractivity contribution in [3.05, 3.63) is 59.7 Å². The van der Waals surface area contributed by atoms with Gasteiger partial charge in [-0.15, -0.1) is 0 Å². The summed E-state index contributed by atoms with van der Waals surface area (Å²) >= 11 is 0. The molecule has 1 N–H and O–H groups in total. The second-order valence-electron chi connectivity index (χ2n) is 5.65. The average Bonchev–Trinajstić information content (AvgIpc) is 2.66. The van der Waals surface area contributed by atoms with E-state index >= 15 is 0 Å². The minimum absolute atomic E-state index is 0.125. The number of ketones is 1. The summed E-state index contributed by atoms with van der Waals surface area (Å²) in [5.41, 5.74) is 1.18. The molecule has 0 saturated heterocycles. The number of esters is 1. The summed E-state index contributed by atoms with van der Waals surface area (Å²) in [6, 6.07) is 14.9. The molecule has 0 radical (unpaired) electrons. The molecule has 0 heterocycles. The zero-order valence-electron chi connectivity index (χ0n) is 14.9. The SMILES string of the molecule is CC(=O)c1cccc(NC(=O)[C@H](C)OC(=O)COc2ccccc2C#N)c1. The van der Waals surface area contributed by atoms with Gasteiger partial charge in [0.05, 0.1) is 5.56 Å². The Bertz CT molecular complexity index is 901. The van der Waals surface area contributed by atoms with Crippen LogP contribution >= 0.6 is 0 Å². The second-order valence-corrected chi connectivity index (χ2v) is 5.65. The van der Waals surface area contributed by atoms with Crippen molar-refractivity contribution in [3.63, 3.8) is 0 Å². The van der Waals surface area contributed by atoms with Crippen LogP contribution in [-0.2, 0) is 14.3 Å². The first-order valence-corrected chi connectivity index (χ1v) is 8.14. The zero-order valence-corrected chi connectivity index (χ0v) is 14.9. The highest BCUT2D eigenvalue weighted by molar-refractivity contribution is 5.98. The molecule has 1 atom stereocenters. The van der Waals surface area contributed by atoms with Gasteiger partial charge in [-0.1, -0.05) is 24.3 Å². The third-order valence-corrected chi connectivity index (χ3v) is 3.57. The van der Waals surface area contributed by atoms with Gasteiger partial charge in [-0.2, -0.15) is 5.26 Å². The predicted octanol–water partition coefficient (Wildman–Crippen LogP) is 2.71. The fourth-order valence-electron chi connectivity index (χ4n) is 2.17. The first kappa shape index (κ1) is 19.7. The van der Waals surface area contributed by atoms with E-state index in [1.807, 2.05) is 6.07 Å². The zero-order chi connectivity index (χ0) is 19.8. The molecule has 0 fully saturated rings. The number of hydrogen-bond donors (Lipinski definition) is 1. The molecule has 0 aliphatic rings. The van der Waals surface area contributed by atoms with E-state index < -0.39 is 24.6 Å². The normalized spacial score (nSPS) is 11.0. The van der Waals surface area contributed by atoms with Gasteiger partial charge in [0.1, 0.15) is 11.8 Å². The molecular formula is C20H18N2O5. The molecular weight excluding hydrogens is 348 g/mol. The Morgan fingerprint density at radius 1 is 1.15 bits per heavy atom. The third kappa shape index (κ3) is 5.68. The quantitative estimate of drug-likeness (QED) is 0.597. The lowest BCUT2D eigenvalue weighted by Crippen LogP contribution is -2.31. The minimum atomic E-state index is -1.06. The van der Waals surface area contributed by atoms with Gasteiger partial charge in [-0.05, 0) is 38.1 Å². The van der Waals surface area contributed by atoms with E-state index in [9.17, 15) is 14.4 Å². The number of nitriles is 1. The number of nitrogens with one attached hydrogen (secondary N) is 1. The molecule has 0 saturated carbocycles. The molecule has 7 heteroatoms. The smallest absolute Gasteiger partial charge is 0.344 e. The fourth-order valence-corrected chi connectivity index (χ4v) is 2.17. The largest absolute Gasteiger partial charge is 0.481 e. The minimum Gasteiger partial charge on any atom is -0.481 e. The van der Waals surface area contributed by atoms with Gasteiger partial charge < -0.3 is 14.8 Å². The van der Waals surface area contributed by atoms with Gasteiger partial charge in [0.15, 0.2) is 18.5 Å². The van der Waals surface area contributed by atoms with Gasteiger partial charge in [-0.3, -0.25) is 9.59 Å². The molecule has 0 spiro atoms. The Kier molecular flexibility index (Phi) is 6.67. The van der Waals surface area contributed by atoms with Gasteiger partial charge in [0.2, 0.25) is 0 Å². The van der Waals surface area contributed by atoms with E-state index in [-0.39, 0.29) is 11.5 Å². The molecule has 2 aromatic carbocycles. The van der Waals surface area contributed by atoms with Crippen LogP contribution in [0.15, 0.2) is 48.5 Å². The topological polar surface area (TPSA) is 105 Å². The predicted molar refractivity (Wildman–Crippen MR) is 97.3 cm³/mol. The van der Waals surface area contributed by atoms with E-state index in [1.54, 1.807) is 42.5 Å². The molecule has 0 bridgehead atoms. The van der Waals surface area contributed by atoms with Gasteiger partial charge in [0.25, 0.3) is 5.91 Å². The van der Waals surface area contributed by atoms with Crippen molar-refractivity contribution in [1.29, 1.82) is 5.26 Å². The van der Waals surface area contributed by atoms with Crippen LogP contribution in [0.4, 0.5) is 5.69 Å². The van der Waals surface area contributed by atoms with Crippen LogP contribution in [0, 0.1) is 11.3 Å². The Labute approximate surface area is 156 Å². The highest BCUT2D eigenvalue weighted by Crippen LogP contribution is 2.16. The number of carbonyl (C=O) groups is 3. The molecule has 1 amide bonds. The lowest BCUT2D eigenvalue weighted by atomic mass is 10.1. The van der Waals surface area contributed by atoms with Crippen molar-refractivity contribution in [1.82, 2.24) is 0 Å². The summed E-state index contributed by atoms with van der Waals surface area (Å²) < 4.78 is 10.3. The molecule has 138 valence electrons. The van der Waals surface area contributed by atoms with Gasteiger partial charge in [0, 0.05) is 11.3 Å². The number of para-hydroxylation sites is 1. The van der Waals surface area contributed by atoms with E-state index in [2.05, 4.69) is 5.32 Å². The van der Waals surface area contributed by atoms with E-state index in [1.165, 1.54) is 19.9 Å². The molecule has 2 rings (SSSR count). The summed E-state index contributed by atoms with van der Waals surface area (Å²) in [6.45, 7) is 2.41. The Hall–Kier alpha value is -3.66. The molecule has 0 aromatic heterocycles. The summed E-state index contributed by atoms with van der Waals surface area (Å²) in [4.78, 5) is 35.4. The first-order valence-electron chi connectivity index (χ1n) is 8.14. The van der Waals surface area contributed by atoms with Crippen molar-refractivity contribution in [2.24, 2.45) is 0 Å². The second kappa shape index (κ2) is 9.15. The van der Waals surface area contributed by atoms with Crippen LogP contribution in [-0.4, -0.2) is 30.4 Å². The van der Waals surface area contributed by atoms with Crippen molar-refractivity contribution < 1.29 is 23.9 Å². The summed E-state index contributed by atoms with van der Waals surface area (Å²) in [5.74, 6) is -1.15. The Balaban J connectivity index is 1.88. The number of rotatable bonds is 7. The number of carbonyl (C=O) groups excluding carboxylic acids is 3. The molecule has 0 unspecified atom stereocenters. The number of amides is 1. The maximum Gasteiger partial charge on any atom is 0.344 e. The first-order chi connectivity index (χ1) is 12.9. The van der Waals surface area contributed by atoms with Crippen LogP contribution in [0.3, 0.4) is 0 Å². The molecule has 0 aliphatic heterocycles. The summed E-state index contributed by atoms with van der Waals surface area (Å²) in [6.07, 6.45) is -1.06. The number of nitrogens with zero attached hydrogens (tertiary/aromatic N) is 1. The summed E-state index contributed by atoms with van der Waals surface area (Å²) in [7, 11) is 0. The molecule has 0 aliphatic carbocycles. The standard InChI is InChI=1S/C20H18N2O5/c1-13(23)15-7-5-8-17(10-15)22-20(25)14(2)27-19(24)12-26-18-9-4-3-6-16(18)11-21/h3-10,14H,12H2,1-2H3,(H,22,25)/t14-/m0/s1. The van der Waals surface area contributed by atoms with E-state index in [0.717, 1.165) is 0 Å².